The highest BCUT2D eigenvalue weighted by molar-refractivity contribution is 9.10. The van der Waals surface area contributed by atoms with Crippen LogP contribution in [0.2, 0.25) is 4.34 Å². The van der Waals surface area contributed by atoms with Crippen LogP contribution in [0.1, 0.15) is 12.1 Å². The van der Waals surface area contributed by atoms with Gasteiger partial charge in [-0.3, -0.25) is 4.79 Å². The first-order chi connectivity index (χ1) is 8.60. The van der Waals surface area contributed by atoms with E-state index in [1.165, 1.54) is 18.4 Å². The molecule has 0 saturated carbocycles. The van der Waals surface area contributed by atoms with Crippen LogP contribution >= 0.6 is 50.2 Å². The van der Waals surface area contributed by atoms with Gasteiger partial charge in [0.1, 0.15) is 9.34 Å². The van der Waals surface area contributed by atoms with Gasteiger partial charge in [0, 0.05) is 16.3 Å². The number of ether oxygens (including phenoxy) is 1. The second-order valence-electron chi connectivity index (χ2n) is 3.45. The van der Waals surface area contributed by atoms with Crippen LogP contribution in [-0.2, 0) is 16.0 Å². The van der Waals surface area contributed by atoms with E-state index < -0.39 is 0 Å². The van der Waals surface area contributed by atoms with E-state index in [1.54, 1.807) is 11.3 Å². The molecule has 2 rings (SSSR count). The molecule has 0 aromatic carbocycles. The van der Waals surface area contributed by atoms with Crippen molar-refractivity contribution in [1.82, 2.24) is 4.98 Å². The molecule has 0 aliphatic carbocycles. The van der Waals surface area contributed by atoms with E-state index in [9.17, 15) is 4.79 Å². The average molecular weight is 367 g/mol. The molecular formula is C11H9BrClNO2S2. The van der Waals surface area contributed by atoms with Gasteiger partial charge >= 0.3 is 5.97 Å². The molecule has 7 heteroatoms. The monoisotopic (exact) mass is 365 g/mol. The van der Waals surface area contributed by atoms with E-state index in [2.05, 4.69) is 25.7 Å². The molecule has 0 amide bonds. The van der Waals surface area contributed by atoms with Crippen molar-refractivity contribution in [1.29, 1.82) is 0 Å². The maximum Gasteiger partial charge on any atom is 0.305 e. The highest BCUT2D eigenvalue weighted by atomic mass is 79.9. The summed E-state index contributed by atoms with van der Waals surface area (Å²) in [5.41, 5.74) is 0.904. The summed E-state index contributed by atoms with van der Waals surface area (Å²) in [6.07, 6.45) is 0.956. The third-order valence-corrected chi connectivity index (χ3v) is 5.76. The second-order valence-corrected chi connectivity index (χ2v) is 6.82. The van der Waals surface area contributed by atoms with Crippen LogP contribution in [0.25, 0.3) is 9.88 Å². The Morgan fingerprint density at radius 3 is 3.00 bits per heavy atom. The van der Waals surface area contributed by atoms with Crippen LogP contribution in [0.4, 0.5) is 0 Å². The van der Waals surface area contributed by atoms with Crippen molar-refractivity contribution in [2.24, 2.45) is 0 Å². The number of hydrogen-bond donors (Lipinski definition) is 0. The lowest BCUT2D eigenvalue weighted by atomic mass is 10.2. The number of thiazole rings is 1. The Kier molecular flexibility index (Phi) is 4.77. The van der Waals surface area contributed by atoms with Gasteiger partial charge in [-0.15, -0.1) is 22.7 Å². The third-order valence-electron chi connectivity index (χ3n) is 2.22. The Morgan fingerprint density at radius 2 is 2.39 bits per heavy atom. The molecule has 2 aromatic heterocycles. The van der Waals surface area contributed by atoms with Gasteiger partial charge in [0.2, 0.25) is 0 Å². The summed E-state index contributed by atoms with van der Waals surface area (Å²) in [5.74, 6) is -0.216. The van der Waals surface area contributed by atoms with Gasteiger partial charge < -0.3 is 4.74 Å². The number of carbonyl (C=O) groups is 1. The summed E-state index contributed by atoms with van der Waals surface area (Å²) in [6, 6.07) is 1.95. The summed E-state index contributed by atoms with van der Waals surface area (Å²) in [4.78, 5) is 16.6. The number of esters is 1. The van der Waals surface area contributed by atoms with Crippen LogP contribution in [0.5, 0.6) is 0 Å². The first kappa shape index (κ1) is 14.0. The SMILES string of the molecule is COC(=O)CCc1csc(-c2cc(Br)c(Cl)s2)n1. The summed E-state index contributed by atoms with van der Waals surface area (Å²) >= 11 is 12.4. The molecular weight excluding hydrogens is 358 g/mol. The van der Waals surface area contributed by atoms with Gasteiger partial charge in [-0.25, -0.2) is 4.98 Å². The van der Waals surface area contributed by atoms with Crippen LogP contribution in [0.3, 0.4) is 0 Å². The Hall–Kier alpha value is -0.430. The van der Waals surface area contributed by atoms with Crippen molar-refractivity contribution in [3.8, 4) is 9.88 Å². The number of nitrogens with zero attached hydrogens (tertiary/aromatic N) is 1. The predicted octanol–water partition coefficient (Wildman–Crippen LogP) is 4.39. The standard InChI is InChI=1S/C11H9BrClNO2S2/c1-16-9(15)3-2-6-5-17-11(14-6)8-4-7(12)10(13)18-8/h4-5H,2-3H2,1H3. The molecule has 96 valence electrons. The van der Waals surface area contributed by atoms with Crippen molar-refractivity contribution >= 4 is 56.2 Å². The first-order valence-corrected chi connectivity index (χ1v) is 7.93. The second kappa shape index (κ2) is 6.14. The molecule has 2 aromatic rings. The number of rotatable bonds is 4. The molecule has 0 aliphatic heterocycles. The van der Waals surface area contributed by atoms with Crippen LogP contribution in [-0.4, -0.2) is 18.1 Å². The van der Waals surface area contributed by atoms with E-state index in [0.717, 1.165) is 24.4 Å². The molecule has 2 heterocycles. The van der Waals surface area contributed by atoms with Crippen molar-refractivity contribution in [2.45, 2.75) is 12.8 Å². The molecule has 0 bridgehead atoms. The summed E-state index contributed by atoms with van der Waals surface area (Å²) in [5, 5.41) is 2.88. The van der Waals surface area contributed by atoms with E-state index in [0.29, 0.717) is 12.8 Å². The van der Waals surface area contributed by atoms with Gasteiger partial charge in [-0.1, -0.05) is 11.6 Å². The molecule has 0 spiro atoms. The number of methoxy groups -OCH3 is 1. The summed E-state index contributed by atoms with van der Waals surface area (Å²) in [6.45, 7) is 0. The Bertz CT molecular complexity index is 548. The maximum atomic E-state index is 11.0. The Labute approximate surface area is 126 Å². The molecule has 0 N–H and O–H groups in total. The summed E-state index contributed by atoms with van der Waals surface area (Å²) < 4.78 is 6.20. The number of thiophene rings is 1. The average Bonchev–Trinajstić information content (AvgIpc) is 2.94. The fourth-order valence-electron chi connectivity index (χ4n) is 1.32. The zero-order valence-electron chi connectivity index (χ0n) is 9.41. The van der Waals surface area contributed by atoms with E-state index in [1.807, 2.05) is 11.4 Å². The lowest BCUT2D eigenvalue weighted by Crippen LogP contribution is -2.01. The van der Waals surface area contributed by atoms with Crippen molar-refractivity contribution < 1.29 is 9.53 Å². The third kappa shape index (κ3) is 3.32. The number of halogens is 2. The van der Waals surface area contributed by atoms with Gasteiger partial charge in [-0.2, -0.15) is 0 Å². The van der Waals surface area contributed by atoms with Gasteiger partial charge in [0.25, 0.3) is 0 Å². The zero-order valence-corrected chi connectivity index (χ0v) is 13.4. The Morgan fingerprint density at radius 1 is 1.61 bits per heavy atom. The van der Waals surface area contributed by atoms with E-state index in [-0.39, 0.29) is 5.97 Å². The fourth-order valence-corrected chi connectivity index (χ4v) is 3.94. The van der Waals surface area contributed by atoms with Crippen LogP contribution in [0.15, 0.2) is 15.9 Å². The van der Waals surface area contributed by atoms with Gasteiger partial charge in [0.15, 0.2) is 0 Å². The number of aromatic nitrogens is 1. The van der Waals surface area contributed by atoms with Crippen molar-refractivity contribution in [2.75, 3.05) is 7.11 Å². The minimum Gasteiger partial charge on any atom is -0.469 e. The van der Waals surface area contributed by atoms with Crippen molar-refractivity contribution in [3.63, 3.8) is 0 Å². The smallest absolute Gasteiger partial charge is 0.305 e. The largest absolute Gasteiger partial charge is 0.469 e. The summed E-state index contributed by atoms with van der Waals surface area (Å²) in [7, 11) is 1.39. The van der Waals surface area contributed by atoms with Crippen molar-refractivity contribution in [3.05, 3.63) is 25.9 Å². The van der Waals surface area contributed by atoms with Crippen LogP contribution in [0, 0.1) is 0 Å². The molecule has 18 heavy (non-hydrogen) atoms. The van der Waals surface area contributed by atoms with Gasteiger partial charge in [-0.05, 0) is 22.0 Å². The number of carbonyl (C=O) groups excluding carboxylic acids is 1. The predicted molar refractivity (Wildman–Crippen MR) is 78.5 cm³/mol. The Balaban J connectivity index is 2.08. The maximum absolute atomic E-state index is 11.0. The lowest BCUT2D eigenvalue weighted by molar-refractivity contribution is -0.140. The number of hydrogen-bond acceptors (Lipinski definition) is 5. The highest BCUT2D eigenvalue weighted by Gasteiger charge is 2.11. The number of aryl methyl sites for hydroxylation is 1. The first-order valence-electron chi connectivity index (χ1n) is 5.06. The molecule has 0 saturated heterocycles. The minimum absolute atomic E-state index is 0.216. The minimum atomic E-state index is -0.216. The topological polar surface area (TPSA) is 39.2 Å². The lowest BCUT2D eigenvalue weighted by Gasteiger charge is -1.95. The zero-order chi connectivity index (χ0) is 13.1. The van der Waals surface area contributed by atoms with E-state index >= 15 is 0 Å². The quantitative estimate of drug-likeness (QED) is 0.753. The molecule has 3 nitrogen and oxygen atoms in total. The van der Waals surface area contributed by atoms with Gasteiger partial charge in [0.05, 0.1) is 24.1 Å². The van der Waals surface area contributed by atoms with Crippen LogP contribution < -0.4 is 0 Å². The molecule has 0 radical (unpaired) electrons. The molecule has 0 unspecified atom stereocenters. The molecule has 0 fully saturated rings. The normalized spacial score (nSPS) is 10.6. The molecule has 0 aliphatic rings. The fraction of sp³-hybridized carbons (Fsp3) is 0.273. The van der Waals surface area contributed by atoms with E-state index in [4.69, 9.17) is 11.6 Å². The molecule has 0 atom stereocenters. The highest BCUT2D eigenvalue weighted by Crippen LogP contribution is 2.39.